The summed E-state index contributed by atoms with van der Waals surface area (Å²) in [6.45, 7) is 0.184. The highest BCUT2D eigenvalue weighted by atomic mass is 19.4. The Hall–Kier alpha value is -2.95. The molecule has 0 aromatic heterocycles. The highest BCUT2D eigenvalue weighted by Crippen LogP contribution is 2.35. The molecule has 29 heavy (non-hydrogen) atoms. The zero-order valence-corrected chi connectivity index (χ0v) is 14.9. The molecule has 0 aliphatic heterocycles. The fourth-order valence-electron chi connectivity index (χ4n) is 2.17. The van der Waals surface area contributed by atoms with Gasteiger partial charge < -0.3 is 19.5 Å². The summed E-state index contributed by atoms with van der Waals surface area (Å²) in [6.07, 6.45) is -9.54. The Bertz CT molecular complexity index is 834. The number of anilines is 1. The van der Waals surface area contributed by atoms with Crippen LogP contribution in [0.15, 0.2) is 42.5 Å². The van der Waals surface area contributed by atoms with Crippen LogP contribution in [0.5, 0.6) is 11.5 Å². The van der Waals surface area contributed by atoms with E-state index in [-0.39, 0.29) is 30.2 Å². The second-order valence-electron chi connectivity index (χ2n) is 5.58. The fourth-order valence-corrected chi connectivity index (χ4v) is 2.17. The quantitative estimate of drug-likeness (QED) is 0.510. The van der Waals surface area contributed by atoms with Crippen LogP contribution in [0.25, 0.3) is 0 Å². The molecule has 0 unspecified atom stereocenters. The minimum absolute atomic E-state index is 0.0220. The largest absolute Gasteiger partial charge is 0.573 e. The van der Waals surface area contributed by atoms with Gasteiger partial charge in [0, 0.05) is 12.7 Å². The molecular weight excluding hydrogens is 408 g/mol. The van der Waals surface area contributed by atoms with Gasteiger partial charge in [-0.15, -0.1) is 13.2 Å². The number of carbonyl (C=O) groups is 1. The van der Waals surface area contributed by atoms with E-state index in [1.54, 1.807) is 0 Å². The van der Waals surface area contributed by atoms with Crippen molar-refractivity contribution in [2.75, 3.05) is 25.6 Å². The van der Waals surface area contributed by atoms with Gasteiger partial charge in [-0.1, -0.05) is 0 Å². The van der Waals surface area contributed by atoms with Crippen LogP contribution < -0.4 is 14.8 Å². The maximum absolute atomic E-state index is 13.0. The number of amides is 1. The van der Waals surface area contributed by atoms with Crippen LogP contribution >= 0.6 is 0 Å². The number of carbonyl (C=O) groups excluding carboxylic acids is 1. The second kappa shape index (κ2) is 9.03. The average Bonchev–Trinajstić information content (AvgIpc) is 2.61. The lowest BCUT2D eigenvalue weighted by Crippen LogP contribution is -2.17. The lowest BCUT2D eigenvalue weighted by Gasteiger charge is -2.15. The maximum Gasteiger partial charge on any atom is 0.573 e. The smallest absolute Gasteiger partial charge is 0.489 e. The number of ether oxygens (including phenoxy) is 3. The van der Waals surface area contributed by atoms with Crippen molar-refractivity contribution in [3.63, 3.8) is 0 Å². The van der Waals surface area contributed by atoms with Gasteiger partial charge in [0.05, 0.1) is 17.9 Å². The minimum atomic E-state index is -4.89. The van der Waals surface area contributed by atoms with E-state index >= 15 is 0 Å². The van der Waals surface area contributed by atoms with Gasteiger partial charge in [0.2, 0.25) is 0 Å². The normalized spacial score (nSPS) is 11.8. The standard InChI is InChI=1S/C18H15F6NO4/c1-27-8-9-28-15-7-4-12(17(19,20)21)10-14(15)25-16(26)11-2-5-13(6-3-11)29-18(22,23)24/h2-7,10H,8-9H2,1H3,(H,25,26). The summed E-state index contributed by atoms with van der Waals surface area (Å²) < 4.78 is 89.2. The molecule has 0 aliphatic carbocycles. The zero-order valence-electron chi connectivity index (χ0n) is 14.9. The molecule has 0 radical (unpaired) electrons. The summed E-state index contributed by atoms with van der Waals surface area (Å²) in [4.78, 5) is 12.3. The molecular formula is C18H15F6NO4. The minimum Gasteiger partial charge on any atom is -0.489 e. The first-order valence-electron chi connectivity index (χ1n) is 8.00. The lowest BCUT2D eigenvalue weighted by molar-refractivity contribution is -0.274. The average molecular weight is 423 g/mol. The molecule has 0 saturated heterocycles. The molecule has 5 nitrogen and oxygen atoms in total. The summed E-state index contributed by atoms with van der Waals surface area (Å²) in [5.74, 6) is -1.42. The highest BCUT2D eigenvalue weighted by molar-refractivity contribution is 6.05. The summed E-state index contributed by atoms with van der Waals surface area (Å²) in [6, 6.07) is 6.43. The monoisotopic (exact) mass is 423 g/mol. The number of benzene rings is 2. The SMILES string of the molecule is COCCOc1ccc(C(F)(F)F)cc1NC(=O)c1ccc(OC(F)(F)F)cc1. The van der Waals surface area contributed by atoms with Gasteiger partial charge in [-0.3, -0.25) is 4.79 Å². The van der Waals surface area contributed by atoms with Crippen LogP contribution in [0.3, 0.4) is 0 Å². The Morgan fingerprint density at radius 3 is 2.17 bits per heavy atom. The molecule has 11 heteroatoms. The van der Waals surface area contributed by atoms with Crippen molar-refractivity contribution in [1.29, 1.82) is 0 Å². The molecule has 1 N–H and O–H groups in total. The highest BCUT2D eigenvalue weighted by Gasteiger charge is 2.32. The Morgan fingerprint density at radius 2 is 1.62 bits per heavy atom. The second-order valence-corrected chi connectivity index (χ2v) is 5.58. The molecule has 0 atom stereocenters. The summed E-state index contributed by atoms with van der Waals surface area (Å²) in [7, 11) is 1.41. The van der Waals surface area contributed by atoms with Gasteiger partial charge in [0.25, 0.3) is 5.91 Å². The van der Waals surface area contributed by atoms with Crippen molar-refractivity contribution in [3.05, 3.63) is 53.6 Å². The van der Waals surface area contributed by atoms with Crippen molar-refractivity contribution in [1.82, 2.24) is 0 Å². The van der Waals surface area contributed by atoms with Crippen molar-refractivity contribution in [2.24, 2.45) is 0 Å². The third kappa shape index (κ3) is 6.86. The molecule has 0 heterocycles. The molecule has 0 saturated carbocycles. The van der Waals surface area contributed by atoms with Crippen molar-refractivity contribution in [3.8, 4) is 11.5 Å². The molecule has 2 aromatic rings. The molecule has 1 amide bonds. The molecule has 158 valence electrons. The van der Waals surface area contributed by atoms with Crippen LogP contribution in [-0.2, 0) is 10.9 Å². The topological polar surface area (TPSA) is 56.8 Å². The summed E-state index contributed by atoms with van der Waals surface area (Å²) in [5, 5.41) is 2.27. The molecule has 2 rings (SSSR count). The molecule has 0 fully saturated rings. The number of nitrogens with one attached hydrogen (secondary N) is 1. The van der Waals surface area contributed by atoms with Gasteiger partial charge >= 0.3 is 12.5 Å². The number of rotatable bonds is 7. The van der Waals surface area contributed by atoms with Crippen molar-refractivity contribution < 1.29 is 45.3 Å². The Balaban J connectivity index is 2.22. The molecule has 0 aliphatic rings. The van der Waals surface area contributed by atoms with Gasteiger partial charge in [-0.25, -0.2) is 0 Å². The van der Waals surface area contributed by atoms with Crippen LogP contribution in [0, 0.1) is 0 Å². The molecule has 0 bridgehead atoms. The van der Waals surface area contributed by atoms with E-state index in [2.05, 4.69) is 10.1 Å². The van der Waals surface area contributed by atoms with E-state index in [1.165, 1.54) is 7.11 Å². The summed E-state index contributed by atoms with van der Waals surface area (Å²) >= 11 is 0. The number of methoxy groups -OCH3 is 1. The van der Waals surface area contributed by atoms with E-state index in [1.807, 2.05) is 0 Å². The Kier molecular flexibility index (Phi) is 6.96. The van der Waals surface area contributed by atoms with E-state index in [4.69, 9.17) is 9.47 Å². The number of hydrogen-bond donors (Lipinski definition) is 1. The first-order valence-corrected chi connectivity index (χ1v) is 8.00. The number of halogens is 6. The Morgan fingerprint density at radius 1 is 0.966 bits per heavy atom. The molecule has 0 spiro atoms. The van der Waals surface area contributed by atoms with Crippen molar-refractivity contribution >= 4 is 11.6 Å². The fraction of sp³-hybridized carbons (Fsp3) is 0.278. The first kappa shape index (κ1) is 22.3. The third-order valence-electron chi connectivity index (χ3n) is 3.45. The number of hydrogen-bond acceptors (Lipinski definition) is 4. The third-order valence-corrected chi connectivity index (χ3v) is 3.45. The lowest BCUT2D eigenvalue weighted by atomic mass is 10.1. The summed E-state index contributed by atoms with van der Waals surface area (Å²) in [5.41, 5.74) is -1.36. The first-order chi connectivity index (χ1) is 13.5. The molecule has 2 aromatic carbocycles. The predicted octanol–water partition coefficient (Wildman–Crippen LogP) is 4.88. The maximum atomic E-state index is 13.0. The van der Waals surface area contributed by atoms with E-state index < -0.39 is 29.8 Å². The van der Waals surface area contributed by atoms with Gasteiger partial charge in [0.15, 0.2) is 0 Å². The van der Waals surface area contributed by atoms with Gasteiger partial charge in [-0.2, -0.15) is 13.2 Å². The zero-order chi connectivity index (χ0) is 21.7. The van der Waals surface area contributed by atoms with Crippen LogP contribution in [0.4, 0.5) is 32.0 Å². The van der Waals surface area contributed by atoms with Gasteiger partial charge in [0.1, 0.15) is 18.1 Å². The van der Waals surface area contributed by atoms with Crippen LogP contribution in [0.2, 0.25) is 0 Å². The van der Waals surface area contributed by atoms with Crippen molar-refractivity contribution in [2.45, 2.75) is 12.5 Å². The number of alkyl halides is 6. The van der Waals surface area contributed by atoms with E-state index in [9.17, 15) is 31.1 Å². The van der Waals surface area contributed by atoms with E-state index in [0.29, 0.717) is 6.07 Å². The Labute approximate surface area is 161 Å². The van der Waals surface area contributed by atoms with Gasteiger partial charge in [-0.05, 0) is 42.5 Å². The van der Waals surface area contributed by atoms with E-state index in [0.717, 1.165) is 36.4 Å². The predicted molar refractivity (Wildman–Crippen MR) is 89.9 cm³/mol. The van der Waals surface area contributed by atoms with Crippen LogP contribution in [-0.4, -0.2) is 32.6 Å². The van der Waals surface area contributed by atoms with Crippen LogP contribution in [0.1, 0.15) is 15.9 Å².